The predicted octanol–water partition coefficient (Wildman–Crippen LogP) is -6.92. The van der Waals surface area contributed by atoms with Crippen molar-refractivity contribution in [1.82, 2.24) is 0 Å². The molecule has 0 radical (unpaired) electrons. The Kier molecular flexibility index (Phi) is 25.7. The Morgan fingerprint density at radius 3 is 1.12 bits per heavy atom. The molecule has 0 fully saturated rings. The summed E-state index contributed by atoms with van der Waals surface area (Å²) >= 11 is 0. The van der Waals surface area contributed by atoms with E-state index in [0.29, 0.717) is 0 Å². The van der Waals surface area contributed by atoms with Crippen molar-refractivity contribution in [2.45, 2.75) is 0 Å². The van der Waals surface area contributed by atoms with Gasteiger partial charge in [-0.1, -0.05) is 0 Å². The Labute approximate surface area is 98.0 Å². The van der Waals surface area contributed by atoms with E-state index in [9.17, 15) is 0 Å². The second-order valence-electron chi connectivity index (χ2n) is 0.513. The zero-order valence-electron chi connectivity index (χ0n) is 3.89. The van der Waals surface area contributed by atoms with Crippen LogP contribution in [0.1, 0.15) is 0 Å². The van der Waals surface area contributed by atoms with Crippen molar-refractivity contribution in [3.8, 4) is 0 Å². The quantitative estimate of drug-likeness (QED) is 0.277. The molecule has 0 saturated heterocycles. The molecular weight excluding hydrogens is 212 g/mol. The molecule has 0 rings (SSSR count). The first-order valence-electron chi connectivity index (χ1n) is 0.783. The van der Waals surface area contributed by atoms with Gasteiger partial charge in [0.1, 0.15) is 0 Å². The van der Waals surface area contributed by atoms with Crippen LogP contribution in [0.15, 0.2) is 0 Å². The van der Waals surface area contributed by atoms with Gasteiger partial charge in [0, 0.05) is 16.5 Å². The van der Waals surface area contributed by atoms with Crippen molar-refractivity contribution in [1.29, 1.82) is 0 Å². The van der Waals surface area contributed by atoms with Gasteiger partial charge in [0.25, 0.3) is 0 Å². The minimum absolute atomic E-state index is 0. The molecule has 0 aromatic carbocycles. The Balaban J connectivity index is -0.0000000267. The average molecular weight is 215 g/mol. The predicted molar refractivity (Wildman–Crippen MR) is 14.3 cm³/mol. The van der Waals surface area contributed by atoms with Crippen molar-refractivity contribution in [2.24, 2.45) is 0 Å². The smallest absolute Gasteiger partial charge is 1.00 e. The first-order chi connectivity index (χ1) is 2.00. The van der Waals surface area contributed by atoms with Crippen LogP contribution < -0.4 is 56.1 Å². The number of hydrogen-bond donors (Lipinski definition) is 3. The van der Waals surface area contributed by atoms with Crippen LogP contribution in [0, 0.1) is 0 Å². The van der Waals surface area contributed by atoms with Crippen LogP contribution in [0.4, 0.5) is 0 Å². The summed E-state index contributed by atoms with van der Waals surface area (Å²) < 4.78 is 8.88. The summed E-state index contributed by atoms with van der Waals surface area (Å²) in [6, 6.07) is 0. The SMILES string of the molecule is O=P(O)(O)O.[F-].[K+].[Ni]. The number of phosphoric acid groups is 1. The van der Waals surface area contributed by atoms with E-state index in [1.54, 1.807) is 0 Å². The van der Waals surface area contributed by atoms with Gasteiger partial charge in [0.2, 0.25) is 0 Å². The van der Waals surface area contributed by atoms with Crippen LogP contribution in [0.3, 0.4) is 0 Å². The molecule has 8 heavy (non-hydrogen) atoms. The number of hydrogen-bond acceptors (Lipinski definition) is 1. The van der Waals surface area contributed by atoms with Gasteiger partial charge < -0.3 is 19.4 Å². The van der Waals surface area contributed by atoms with Gasteiger partial charge in [0.05, 0.1) is 0 Å². The zero-order chi connectivity index (χ0) is 4.50. The molecule has 0 saturated carbocycles. The molecule has 0 unspecified atom stereocenters. The molecule has 4 nitrogen and oxygen atoms in total. The summed E-state index contributed by atoms with van der Waals surface area (Å²) in [5.74, 6) is 0. The second kappa shape index (κ2) is 9.17. The second-order valence-corrected chi connectivity index (χ2v) is 1.54. The fourth-order valence-electron chi connectivity index (χ4n) is 0. The van der Waals surface area contributed by atoms with Gasteiger partial charge in [-0.2, -0.15) is 0 Å². The van der Waals surface area contributed by atoms with Crippen LogP contribution in [0.5, 0.6) is 0 Å². The van der Waals surface area contributed by atoms with Crippen molar-refractivity contribution in [3.63, 3.8) is 0 Å². The Bertz CT molecular complexity index is 62.2. The standard InChI is InChI=1S/FH.K.Ni.H3O4P/c;;;1-5(2,3)4/h1H;;;(H3,1,2,3,4)/q;+1;;/p-1. The fourth-order valence-corrected chi connectivity index (χ4v) is 0. The van der Waals surface area contributed by atoms with Gasteiger partial charge >= 0.3 is 59.2 Å². The molecule has 0 aromatic heterocycles. The third-order valence-corrected chi connectivity index (χ3v) is 0. The molecule has 8 heteroatoms. The maximum absolute atomic E-state index is 8.88. The van der Waals surface area contributed by atoms with Crippen LogP contribution in [0.25, 0.3) is 0 Å². The van der Waals surface area contributed by atoms with E-state index < -0.39 is 7.82 Å². The van der Waals surface area contributed by atoms with Crippen molar-refractivity contribution in [3.05, 3.63) is 0 Å². The molecule has 0 spiro atoms. The van der Waals surface area contributed by atoms with Gasteiger partial charge in [-0.15, -0.1) is 0 Å². The number of rotatable bonds is 0. The molecular formula is H3FKNiO4P. The van der Waals surface area contributed by atoms with Crippen LogP contribution in [-0.2, 0) is 21.1 Å². The van der Waals surface area contributed by atoms with Crippen molar-refractivity contribution in [2.75, 3.05) is 0 Å². The van der Waals surface area contributed by atoms with Gasteiger partial charge in [-0.25, -0.2) is 4.57 Å². The molecule has 3 N–H and O–H groups in total. The van der Waals surface area contributed by atoms with Crippen LogP contribution >= 0.6 is 7.82 Å². The maximum Gasteiger partial charge on any atom is 1.00 e. The van der Waals surface area contributed by atoms with Crippen LogP contribution in [0.2, 0.25) is 0 Å². The summed E-state index contributed by atoms with van der Waals surface area (Å²) in [5.41, 5.74) is 0. The molecule has 0 aliphatic rings. The molecule has 0 heterocycles. The summed E-state index contributed by atoms with van der Waals surface area (Å²) in [5, 5.41) is 0. The minimum Gasteiger partial charge on any atom is -1.00 e. The van der Waals surface area contributed by atoms with E-state index in [0.717, 1.165) is 0 Å². The largest absolute Gasteiger partial charge is 1.00 e. The molecule has 0 aliphatic heterocycles. The Morgan fingerprint density at radius 2 is 1.12 bits per heavy atom. The summed E-state index contributed by atoms with van der Waals surface area (Å²) in [6.07, 6.45) is 0. The van der Waals surface area contributed by atoms with E-state index in [2.05, 4.69) is 0 Å². The third-order valence-electron chi connectivity index (χ3n) is 0. The third kappa shape index (κ3) is 89.2. The van der Waals surface area contributed by atoms with E-state index >= 15 is 0 Å². The molecule has 0 amide bonds. The maximum atomic E-state index is 8.88. The summed E-state index contributed by atoms with van der Waals surface area (Å²) in [4.78, 5) is 21.6. The Morgan fingerprint density at radius 1 is 1.12 bits per heavy atom. The first-order valence-corrected chi connectivity index (χ1v) is 2.35. The van der Waals surface area contributed by atoms with E-state index in [-0.39, 0.29) is 72.6 Å². The average Bonchev–Trinajstić information content (AvgIpc) is 0.722. The van der Waals surface area contributed by atoms with E-state index in [1.165, 1.54) is 0 Å². The van der Waals surface area contributed by atoms with Crippen molar-refractivity contribution >= 4 is 7.82 Å². The zero-order valence-corrected chi connectivity index (χ0v) is 8.90. The molecule has 50 valence electrons. The molecule has 0 atom stereocenters. The Hall–Kier alpha value is 2.17. The van der Waals surface area contributed by atoms with Gasteiger partial charge in [0.15, 0.2) is 0 Å². The summed E-state index contributed by atoms with van der Waals surface area (Å²) in [7, 11) is -4.64. The monoisotopic (exact) mass is 214 g/mol. The van der Waals surface area contributed by atoms with E-state index in [1.807, 2.05) is 0 Å². The van der Waals surface area contributed by atoms with Crippen LogP contribution in [-0.4, -0.2) is 14.7 Å². The van der Waals surface area contributed by atoms with Gasteiger partial charge in [-0.05, 0) is 0 Å². The molecule has 0 aromatic rings. The van der Waals surface area contributed by atoms with Crippen molar-refractivity contribution < 1.29 is 91.8 Å². The van der Waals surface area contributed by atoms with Gasteiger partial charge in [-0.3, -0.25) is 0 Å². The molecule has 0 aliphatic carbocycles. The first kappa shape index (κ1) is 22.5. The fraction of sp³-hybridized carbons (Fsp3) is 0. The summed E-state index contributed by atoms with van der Waals surface area (Å²) in [6.45, 7) is 0. The topological polar surface area (TPSA) is 77.8 Å². The molecule has 0 bridgehead atoms. The van der Waals surface area contributed by atoms with E-state index in [4.69, 9.17) is 19.2 Å². The minimum atomic E-state index is -4.64. The normalized spacial score (nSPS) is 7.38. The number of halogens is 1.